The molecule has 1 fully saturated rings. The van der Waals surface area contributed by atoms with Gasteiger partial charge in [-0.15, -0.1) is 5.10 Å². The van der Waals surface area contributed by atoms with Crippen molar-refractivity contribution in [2.24, 2.45) is 11.7 Å². The van der Waals surface area contributed by atoms with Crippen LogP contribution in [-0.2, 0) is 6.42 Å². The summed E-state index contributed by atoms with van der Waals surface area (Å²) in [5.41, 5.74) is 6.08. The van der Waals surface area contributed by atoms with E-state index in [1.54, 1.807) is 0 Å². The highest BCUT2D eigenvalue weighted by molar-refractivity contribution is 7.80. The first kappa shape index (κ1) is 13.3. The lowest BCUT2D eigenvalue weighted by Gasteiger charge is -2.18. The van der Waals surface area contributed by atoms with Crippen molar-refractivity contribution in [3.05, 3.63) is 11.4 Å². The van der Waals surface area contributed by atoms with Gasteiger partial charge in [-0.2, -0.15) is 13.2 Å². The molecule has 0 aromatic carbocycles. The Morgan fingerprint density at radius 3 is 2.61 bits per heavy atom. The van der Waals surface area contributed by atoms with Crippen molar-refractivity contribution >= 4 is 17.2 Å². The van der Waals surface area contributed by atoms with E-state index in [1.165, 1.54) is 0 Å². The maximum Gasteiger partial charge on any atom is 0.410 e. The number of halogens is 3. The van der Waals surface area contributed by atoms with Crippen molar-refractivity contribution in [1.82, 2.24) is 15.0 Å². The Balaban J connectivity index is 2.36. The zero-order valence-electron chi connectivity index (χ0n) is 9.74. The third-order valence-electron chi connectivity index (χ3n) is 3.04. The molecule has 8 heteroatoms. The summed E-state index contributed by atoms with van der Waals surface area (Å²) in [5.74, 6) is 0.399. The molecule has 1 aromatic heterocycles. The Morgan fingerprint density at radius 1 is 1.56 bits per heavy atom. The van der Waals surface area contributed by atoms with Crippen molar-refractivity contribution in [2.45, 2.75) is 38.4 Å². The Labute approximate surface area is 107 Å². The number of hydrogen-bond acceptors (Lipinski definition) is 3. The van der Waals surface area contributed by atoms with E-state index in [4.69, 9.17) is 18.0 Å². The van der Waals surface area contributed by atoms with Gasteiger partial charge in [0.15, 0.2) is 0 Å². The molecule has 0 spiro atoms. The molecule has 2 rings (SSSR count). The first-order valence-corrected chi connectivity index (χ1v) is 6.02. The maximum atomic E-state index is 12.7. The van der Waals surface area contributed by atoms with E-state index in [-0.39, 0.29) is 10.7 Å². The zero-order chi connectivity index (χ0) is 13.5. The molecule has 1 aliphatic carbocycles. The number of nitrogens with zero attached hydrogens (tertiary/aromatic N) is 3. The van der Waals surface area contributed by atoms with Crippen LogP contribution in [0.25, 0.3) is 0 Å². The molecule has 1 saturated carbocycles. The summed E-state index contributed by atoms with van der Waals surface area (Å²) in [7, 11) is 0. The number of rotatable bonds is 4. The average molecular weight is 278 g/mol. The number of hydrogen-bond donors (Lipinski definition) is 1. The van der Waals surface area contributed by atoms with Crippen molar-refractivity contribution in [3.8, 4) is 0 Å². The van der Waals surface area contributed by atoms with Gasteiger partial charge in [-0.25, -0.2) is 4.68 Å². The smallest absolute Gasteiger partial charge is 0.388 e. The molecule has 100 valence electrons. The molecule has 1 aliphatic rings. The topological polar surface area (TPSA) is 56.7 Å². The van der Waals surface area contributed by atoms with E-state index in [2.05, 4.69) is 10.3 Å². The van der Waals surface area contributed by atoms with Crippen molar-refractivity contribution in [2.75, 3.05) is 0 Å². The minimum Gasteiger partial charge on any atom is -0.388 e. The first-order valence-electron chi connectivity index (χ1n) is 5.61. The van der Waals surface area contributed by atoms with Gasteiger partial charge < -0.3 is 5.73 Å². The van der Waals surface area contributed by atoms with Gasteiger partial charge in [0, 0.05) is 0 Å². The highest BCUT2D eigenvalue weighted by Gasteiger charge is 2.40. The van der Waals surface area contributed by atoms with Crippen LogP contribution in [0.2, 0.25) is 0 Å². The van der Waals surface area contributed by atoms with E-state index in [9.17, 15) is 13.2 Å². The van der Waals surface area contributed by atoms with Gasteiger partial charge in [0.05, 0.1) is 5.69 Å². The Morgan fingerprint density at radius 2 is 2.17 bits per heavy atom. The van der Waals surface area contributed by atoms with Crippen LogP contribution in [0.4, 0.5) is 13.2 Å². The normalized spacial score (nSPS) is 17.8. The molecule has 18 heavy (non-hydrogen) atoms. The molecule has 1 heterocycles. The quantitative estimate of drug-likeness (QED) is 0.856. The number of alkyl halides is 3. The molecule has 0 bridgehead atoms. The third kappa shape index (κ3) is 2.63. The number of aromatic nitrogens is 3. The second kappa shape index (κ2) is 4.49. The maximum absolute atomic E-state index is 12.7. The lowest BCUT2D eigenvalue weighted by Crippen LogP contribution is -2.27. The van der Waals surface area contributed by atoms with Gasteiger partial charge in [-0.1, -0.05) is 17.4 Å². The summed E-state index contributed by atoms with van der Waals surface area (Å²) in [5, 5.41) is 7.24. The summed E-state index contributed by atoms with van der Waals surface area (Å²) in [4.78, 5) is -0.00808. The van der Waals surface area contributed by atoms with Crippen LogP contribution >= 0.6 is 12.2 Å². The van der Waals surface area contributed by atoms with Crippen molar-refractivity contribution in [1.29, 1.82) is 0 Å². The van der Waals surface area contributed by atoms with E-state index >= 15 is 0 Å². The predicted molar refractivity (Wildman–Crippen MR) is 63.1 cm³/mol. The van der Waals surface area contributed by atoms with Gasteiger partial charge in [0.1, 0.15) is 16.7 Å². The van der Waals surface area contributed by atoms with Crippen molar-refractivity contribution < 1.29 is 13.2 Å². The fourth-order valence-electron chi connectivity index (χ4n) is 1.74. The number of nitrogens with two attached hydrogens (primary N) is 1. The lowest BCUT2D eigenvalue weighted by molar-refractivity contribution is -0.166. The van der Waals surface area contributed by atoms with E-state index in [1.807, 2.05) is 0 Å². The van der Waals surface area contributed by atoms with Crippen molar-refractivity contribution in [3.63, 3.8) is 0 Å². The van der Waals surface area contributed by atoms with Gasteiger partial charge in [0.25, 0.3) is 0 Å². The van der Waals surface area contributed by atoms with Crippen LogP contribution in [0, 0.1) is 5.92 Å². The number of thiocarbonyl (C=S) groups is 1. The molecule has 1 aromatic rings. The molecule has 0 aliphatic heterocycles. The molecular weight excluding hydrogens is 265 g/mol. The van der Waals surface area contributed by atoms with Crippen LogP contribution in [0.3, 0.4) is 0 Å². The molecule has 2 N–H and O–H groups in total. The molecule has 0 saturated heterocycles. The highest BCUT2D eigenvalue weighted by Crippen LogP contribution is 2.36. The fourth-order valence-corrected chi connectivity index (χ4v) is 1.90. The fraction of sp³-hybridized carbons (Fsp3) is 0.700. The summed E-state index contributed by atoms with van der Waals surface area (Å²) >= 11 is 4.80. The molecule has 0 amide bonds. The van der Waals surface area contributed by atoms with Crippen LogP contribution in [0.1, 0.15) is 37.2 Å². The molecule has 0 radical (unpaired) electrons. The van der Waals surface area contributed by atoms with E-state index < -0.39 is 12.2 Å². The largest absolute Gasteiger partial charge is 0.410 e. The first-order chi connectivity index (χ1) is 8.30. The van der Waals surface area contributed by atoms with Gasteiger partial charge in [-0.05, 0) is 32.1 Å². The van der Waals surface area contributed by atoms with Crippen LogP contribution in [-0.4, -0.2) is 26.2 Å². The minimum absolute atomic E-state index is 0.00808. The molecule has 1 atom stereocenters. The standard InChI is InChI=1S/C10H13F3N4S/c1-5(10(11,12)13)17-7(4-6-2-3-6)8(9(14)18)15-16-17/h5-6H,2-4H2,1H3,(H2,14,18). The van der Waals surface area contributed by atoms with E-state index in [0.29, 0.717) is 18.0 Å². The summed E-state index contributed by atoms with van der Waals surface area (Å²) in [6, 6.07) is -1.72. The van der Waals surface area contributed by atoms with Gasteiger partial charge in [-0.3, -0.25) is 0 Å². The van der Waals surface area contributed by atoms with Gasteiger partial charge in [0.2, 0.25) is 0 Å². The van der Waals surface area contributed by atoms with E-state index in [0.717, 1.165) is 24.4 Å². The Bertz CT molecular complexity index is 464. The predicted octanol–water partition coefficient (Wildman–Crippen LogP) is 1.99. The molecule has 4 nitrogen and oxygen atoms in total. The Hall–Kier alpha value is -1.18. The van der Waals surface area contributed by atoms with Crippen LogP contribution < -0.4 is 5.73 Å². The summed E-state index contributed by atoms with van der Waals surface area (Å²) in [6.45, 7) is 1.05. The lowest BCUT2D eigenvalue weighted by atomic mass is 10.1. The summed E-state index contributed by atoms with van der Waals surface area (Å²) < 4.78 is 39.1. The summed E-state index contributed by atoms with van der Waals surface area (Å²) in [6.07, 6.45) is -1.83. The monoisotopic (exact) mass is 278 g/mol. The second-order valence-corrected chi connectivity index (χ2v) is 5.00. The van der Waals surface area contributed by atoms with Gasteiger partial charge >= 0.3 is 6.18 Å². The second-order valence-electron chi connectivity index (χ2n) is 4.56. The average Bonchev–Trinajstić information content (AvgIpc) is 2.94. The molecule has 1 unspecified atom stereocenters. The SMILES string of the molecule is CC(n1nnc(C(N)=S)c1CC1CC1)C(F)(F)F. The van der Waals surface area contributed by atoms with Crippen LogP contribution in [0.15, 0.2) is 0 Å². The van der Waals surface area contributed by atoms with Crippen LogP contribution in [0.5, 0.6) is 0 Å². The third-order valence-corrected chi connectivity index (χ3v) is 3.24. The Kier molecular flexibility index (Phi) is 3.31. The zero-order valence-corrected chi connectivity index (χ0v) is 10.6. The molecular formula is C10H13F3N4S. The minimum atomic E-state index is -4.36. The highest BCUT2D eigenvalue weighted by atomic mass is 32.1.